The van der Waals surface area contributed by atoms with Gasteiger partial charge >= 0.3 is 0 Å². The summed E-state index contributed by atoms with van der Waals surface area (Å²) in [6.07, 6.45) is 3.53. The standard InChI is InChI=1S/C18H21FN4O2/c1-18(2,17(20)25)21-16(24)15-13-5-3-4-6-14(13)23(22-15)12-9-7-11(19)8-10-12/h7-10H,3-6H2,1-2H3,(H2,20,25)(H,21,24). The number of primary amides is 1. The number of carbonyl (C=O) groups is 2. The molecule has 0 unspecified atom stereocenters. The van der Waals surface area contributed by atoms with Crippen molar-refractivity contribution in [1.29, 1.82) is 0 Å². The van der Waals surface area contributed by atoms with Crippen LogP contribution in [0.5, 0.6) is 0 Å². The van der Waals surface area contributed by atoms with E-state index in [1.165, 1.54) is 12.1 Å². The Bertz CT molecular complexity index is 824. The number of fused-ring (bicyclic) bond motifs is 1. The summed E-state index contributed by atoms with van der Waals surface area (Å²) in [4.78, 5) is 24.2. The molecule has 132 valence electrons. The molecule has 0 atom stereocenters. The second-order valence-electron chi connectivity index (χ2n) is 6.81. The zero-order valence-corrected chi connectivity index (χ0v) is 14.3. The molecule has 0 bridgehead atoms. The maximum atomic E-state index is 13.2. The topological polar surface area (TPSA) is 90.0 Å². The Hall–Kier alpha value is -2.70. The van der Waals surface area contributed by atoms with E-state index in [0.29, 0.717) is 11.4 Å². The van der Waals surface area contributed by atoms with Gasteiger partial charge in [-0.15, -0.1) is 0 Å². The number of nitrogens with one attached hydrogen (secondary N) is 1. The molecule has 1 aliphatic rings. The second-order valence-corrected chi connectivity index (χ2v) is 6.81. The van der Waals surface area contributed by atoms with Crippen molar-refractivity contribution < 1.29 is 14.0 Å². The highest BCUT2D eigenvalue weighted by Crippen LogP contribution is 2.27. The van der Waals surface area contributed by atoms with Crippen molar-refractivity contribution in [2.45, 2.75) is 45.1 Å². The van der Waals surface area contributed by atoms with Crippen LogP contribution in [0.15, 0.2) is 24.3 Å². The van der Waals surface area contributed by atoms with Crippen LogP contribution in [0.2, 0.25) is 0 Å². The van der Waals surface area contributed by atoms with Crippen LogP contribution in [0.4, 0.5) is 4.39 Å². The average molecular weight is 344 g/mol. The lowest BCUT2D eigenvalue weighted by Crippen LogP contribution is -2.53. The van der Waals surface area contributed by atoms with Gasteiger partial charge in [-0.1, -0.05) is 0 Å². The molecule has 0 fully saturated rings. The lowest BCUT2D eigenvalue weighted by atomic mass is 9.95. The molecule has 0 spiro atoms. The maximum Gasteiger partial charge on any atom is 0.272 e. The van der Waals surface area contributed by atoms with Crippen molar-refractivity contribution in [1.82, 2.24) is 15.1 Å². The van der Waals surface area contributed by atoms with Gasteiger partial charge in [0.1, 0.15) is 11.4 Å². The number of halogens is 1. The number of amides is 2. The molecule has 6 nitrogen and oxygen atoms in total. The number of nitrogens with zero attached hydrogens (tertiary/aromatic N) is 2. The van der Waals surface area contributed by atoms with Gasteiger partial charge in [0.15, 0.2) is 5.69 Å². The third kappa shape index (κ3) is 3.26. The van der Waals surface area contributed by atoms with Crippen molar-refractivity contribution in [3.8, 4) is 5.69 Å². The SMILES string of the molecule is CC(C)(NC(=O)c1nn(-c2ccc(F)cc2)c2c1CCCC2)C(N)=O. The van der Waals surface area contributed by atoms with E-state index in [1.54, 1.807) is 30.7 Å². The number of aromatic nitrogens is 2. The molecule has 0 radical (unpaired) electrons. The van der Waals surface area contributed by atoms with Gasteiger partial charge in [-0.05, 0) is 63.8 Å². The van der Waals surface area contributed by atoms with E-state index in [9.17, 15) is 14.0 Å². The zero-order chi connectivity index (χ0) is 18.2. The van der Waals surface area contributed by atoms with E-state index >= 15 is 0 Å². The van der Waals surface area contributed by atoms with Crippen LogP contribution < -0.4 is 11.1 Å². The molecule has 1 aromatic carbocycles. The number of hydrogen-bond donors (Lipinski definition) is 2. The first-order valence-electron chi connectivity index (χ1n) is 8.29. The lowest BCUT2D eigenvalue weighted by molar-refractivity contribution is -0.122. The van der Waals surface area contributed by atoms with Crippen LogP contribution in [0, 0.1) is 5.82 Å². The fraction of sp³-hybridized carbons (Fsp3) is 0.389. The summed E-state index contributed by atoms with van der Waals surface area (Å²) in [6, 6.07) is 5.99. The monoisotopic (exact) mass is 344 g/mol. The Balaban J connectivity index is 2.02. The minimum Gasteiger partial charge on any atom is -0.368 e. The second kappa shape index (κ2) is 6.31. The summed E-state index contributed by atoms with van der Waals surface area (Å²) in [5.74, 6) is -1.37. The predicted molar refractivity (Wildman–Crippen MR) is 90.9 cm³/mol. The number of carbonyl (C=O) groups excluding carboxylic acids is 2. The Labute approximate surface area is 145 Å². The molecule has 2 aromatic rings. The van der Waals surface area contributed by atoms with Crippen LogP contribution >= 0.6 is 0 Å². The molecule has 0 saturated heterocycles. The fourth-order valence-electron chi connectivity index (χ4n) is 2.98. The molecule has 0 aliphatic heterocycles. The number of nitrogens with two attached hydrogens (primary N) is 1. The van der Waals surface area contributed by atoms with Gasteiger partial charge in [0.05, 0.1) is 5.69 Å². The van der Waals surface area contributed by atoms with E-state index in [0.717, 1.165) is 36.9 Å². The van der Waals surface area contributed by atoms with E-state index < -0.39 is 17.4 Å². The summed E-state index contributed by atoms with van der Waals surface area (Å²) in [7, 11) is 0. The molecular weight excluding hydrogens is 323 g/mol. The molecule has 7 heteroatoms. The van der Waals surface area contributed by atoms with Crippen molar-refractivity contribution in [3.05, 3.63) is 47.0 Å². The molecular formula is C18H21FN4O2. The van der Waals surface area contributed by atoms with Gasteiger partial charge in [-0.2, -0.15) is 5.10 Å². The molecule has 3 N–H and O–H groups in total. The quantitative estimate of drug-likeness (QED) is 0.887. The lowest BCUT2D eigenvalue weighted by Gasteiger charge is -2.22. The highest BCUT2D eigenvalue weighted by molar-refractivity contribution is 5.98. The van der Waals surface area contributed by atoms with Crippen LogP contribution in [0.1, 0.15) is 48.4 Å². The highest BCUT2D eigenvalue weighted by atomic mass is 19.1. The van der Waals surface area contributed by atoms with Gasteiger partial charge in [0, 0.05) is 11.3 Å². The van der Waals surface area contributed by atoms with Gasteiger partial charge in [-0.3, -0.25) is 9.59 Å². The third-order valence-electron chi connectivity index (χ3n) is 4.51. The van der Waals surface area contributed by atoms with Crippen LogP contribution in [0.25, 0.3) is 5.69 Å². The fourth-order valence-corrected chi connectivity index (χ4v) is 2.98. The summed E-state index contributed by atoms with van der Waals surface area (Å²) in [5, 5.41) is 7.11. The van der Waals surface area contributed by atoms with Crippen LogP contribution in [-0.4, -0.2) is 27.1 Å². The first-order chi connectivity index (χ1) is 11.8. The first kappa shape index (κ1) is 17.1. The summed E-state index contributed by atoms with van der Waals surface area (Å²) < 4.78 is 14.9. The molecule has 1 heterocycles. The molecule has 1 aliphatic carbocycles. The minimum atomic E-state index is -1.17. The van der Waals surface area contributed by atoms with E-state index in [2.05, 4.69) is 10.4 Å². The van der Waals surface area contributed by atoms with Crippen molar-refractivity contribution in [2.75, 3.05) is 0 Å². The van der Waals surface area contributed by atoms with Crippen molar-refractivity contribution in [2.24, 2.45) is 5.73 Å². The molecule has 1 aromatic heterocycles. The van der Waals surface area contributed by atoms with E-state index in [4.69, 9.17) is 5.73 Å². The Morgan fingerprint density at radius 2 is 1.84 bits per heavy atom. The van der Waals surface area contributed by atoms with Crippen molar-refractivity contribution >= 4 is 11.8 Å². The van der Waals surface area contributed by atoms with Crippen molar-refractivity contribution in [3.63, 3.8) is 0 Å². The van der Waals surface area contributed by atoms with Gasteiger partial charge < -0.3 is 11.1 Å². The number of hydrogen-bond acceptors (Lipinski definition) is 3. The van der Waals surface area contributed by atoms with Crippen LogP contribution in [0.3, 0.4) is 0 Å². The average Bonchev–Trinajstić information content (AvgIpc) is 2.95. The summed E-state index contributed by atoms with van der Waals surface area (Å²) >= 11 is 0. The van der Waals surface area contributed by atoms with Gasteiger partial charge in [0.2, 0.25) is 5.91 Å². The zero-order valence-electron chi connectivity index (χ0n) is 14.3. The Morgan fingerprint density at radius 3 is 2.48 bits per heavy atom. The molecule has 0 saturated carbocycles. The molecule has 3 rings (SSSR count). The van der Waals surface area contributed by atoms with Crippen LogP contribution in [-0.2, 0) is 17.6 Å². The highest BCUT2D eigenvalue weighted by Gasteiger charge is 2.31. The molecule has 25 heavy (non-hydrogen) atoms. The normalized spacial score (nSPS) is 14.0. The van der Waals surface area contributed by atoms with Gasteiger partial charge in [0.25, 0.3) is 5.91 Å². The smallest absolute Gasteiger partial charge is 0.272 e. The maximum absolute atomic E-state index is 13.2. The van der Waals surface area contributed by atoms with E-state index in [-0.39, 0.29) is 5.82 Å². The van der Waals surface area contributed by atoms with Gasteiger partial charge in [-0.25, -0.2) is 9.07 Å². The number of rotatable bonds is 4. The largest absolute Gasteiger partial charge is 0.368 e. The first-order valence-corrected chi connectivity index (χ1v) is 8.29. The molecule has 2 amide bonds. The predicted octanol–water partition coefficient (Wildman–Crippen LogP) is 1.88. The third-order valence-corrected chi connectivity index (χ3v) is 4.51. The minimum absolute atomic E-state index is 0.299. The summed E-state index contributed by atoms with van der Waals surface area (Å²) in [6.45, 7) is 3.10. The van der Waals surface area contributed by atoms with E-state index in [1.807, 2.05) is 0 Å². The summed E-state index contributed by atoms with van der Waals surface area (Å²) in [5.41, 5.74) is 7.00. The Morgan fingerprint density at radius 1 is 1.20 bits per heavy atom. The number of benzene rings is 1. The Kier molecular flexibility index (Phi) is 4.32.